The van der Waals surface area contributed by atoms with E-state index in [0.29, 0.717) is 33.9 Å². The molecule has 3 heterocycles. The summed E-state index contributed by atoms with van der Waals surface area (Å²) in [5, 5.41) is 21.2. The van der Waals surface area contributed by atoms with Crippen LogP contribution in [0.2, 0.25) is 5.02 Å². The summed E-state index contributed by atoms with van der Waals surface area (Å²) in [6.07, 6.45) is 0. The van der Waals surface area contributed by atoms with Gasteiger partial charge in [-0.05, 0) is 25.1 Å². The molecule has 0 aliphatic rings. The van der Waals surface area contributed by atoms with Gasteiger partial charge in [0.2, 0.25) is 10.8 Å². The Morgan fingerprint density at radius 2 is 2.17 bits per heavy atom. The van der Waals surface area contributed by atoms with Gasteiger partial charge in [-0.15, -0.1) is 10.2 Å². The molecular formula is C14H11ClN6OS. The minimum atomic E-state index is 0.316. The lowest BCUT2D eigenvalue weighted by molar-refractivity contribution is 0.304. The average Bonchev–Trinajstić information content (AvgIpc) is 3.21. The van der Waals surface area contributed by atoms with E-state index in [-0.39, 0.29) is 0 Å². The molecule has 0 unspecified atom stereocenters. The molecule has 0 atom stereocenters. The van der Waals surface area contributed by atoms with Crippen molar-refractivity contribution < 1.29 is 4.74 Å². The number of hydrogen-bond donors (Lipinski definition) is 1. The van der Waals surface area contributed by atoms with Gasteiger partial charge in [-0.1, -0.05) is 35.1 Å². The highest BCUT2D eigenvalue weighted by molar-refractivity contribution is 7.16. The van der Waals surface area contributed by atoms with E-state index in [9.17, 15) is 0 Å². The molecule has 7 nitrogen and oxygen atoms in total. The van der Waals surface area contributed by atoms with Gasteiger partial charge >= 0.3 is 0 Å². The number of H-pyrrole nitrogens is 1. The third-order valence-corrected chi connectivity index (χ3v) is 4.34. The molecule has 0 fully saturated rings. The molecule has 0 bridgehead atoms. The monoisotopic (exact) mass is 346 g/mol. The summed E-state index contributed by atoms with van der Waals surface area (Å²) in [6.45, 7) is 2.25. The number of aryl methyl sites for hydroxylation is 1. The van der Waals surface area contributed by atoms with Crippen LogP contribution in [0.3, 0.4) is 0 Å². The number of benzene rings is 1. The van der Waals surface area contributed by atoms with Crippen molar-refractivity contribution in [2.45, 2.75) is 13.5 Å². The number of ether oxygens (including phenoxy) is 1. The van der Waals surface area contributed by atoms with Crippen molar-refractivity contribution in [1.29, 1.82) is 0 Å². The predicted molar refractivity (Wildman–Crippen MR) is 86.8 cm³/mol. The molecule has 0 radical (unpaired) electrons. The highest BCUT2D eigenvalue weighted by Crippen LogP contribution is 2.25. The molecule has 116 valence electrons. The lowest BCUT2D eigenvalue weighted by Crippen LogP contribution is -1.98. The second kappa shape index (κ2) is 5.64. The Kier molecular flexibility index (Phi) is 3.47. The first-order valence-electron chi connectivity index (χ1n) is 6.81. The zero-order valence-electron chi connectivity index (χ0n) is 12.0. The van der Waals surface area contributed by atoms with Gasteiger partial charge < -0.3 is 4.74 Å². The van der Waals surface area contributed by atoms with Crippen LogP contribution in [0, 0.1) is 6.92 Å². The van der Waals surface area contributed by atoms with E-state index in [0.717, 1.165) is 10.7 Å². The third kappa shape index (κ3) is 2.66. The van der Waals surface area contributed by atoms with Crippen LogP contribution in [0.15, 0.2) is 30.3 Å². The molecule has 3 aromatic heterocycles. The summed E-state index contributed by atoms with van der Waals surface area (Å²) in [5.74, 6) is 1.23. The normalized spacial score (nSPS) is 11.2. The topological polar surface area (TPSA) is 81.0 Å². The Hall–Kier alpha value is -2.45. The lowest BCUT2D eigenvalue weighted by atomic mass is 10.3. The molecule has 23 heavy (non-hydrogen) atoms. The van der Waals surface area contributed by atoms with Crippen LogP contribution in [0.1, 0.15) is 10.7 Å². The van der Waals surface area contributed by atoms with E-state index < -0.39 is 0 Å². The van der Waals surface area contributed by atoms with Gasteiger partial charge in [-0.3, -0.25) is 5.10 Å². The molecule has 4 aromatic rings. The van der Waals surface area contributed by atoms with Crippen LogP contribution in [0.5, 0.6) is 5.75 Å². The number of hydrogen-bond acceptors (Lipinski definition) is 6. The third-order valence-electron chi connectivity index (χ3n) is 3.16. The van der Waals surface area contributed by atoms with Gasteiger partial charge in [-0.25, -0.2) is 0 Å². The van der Waals surface area contributed by atoms with Crippen LogP contribution in [0.4, 0.5) is 0 Å². The number of para-hydroxylation sites is 1. The highest BCUT2D eigenvalue weighted by atomic mass is 35.5. The van der Waals surface area contributed by atoms with Gasteiger partial charge in [-0.2, -0.15) is 14.7 Å². The van der Waals surface area contributed by atoms with Crippen LogP contribution < -0.4 is 4.74 Å². The SMILES string of the molecule is Cc1cc(-c2nnc3sc(COc4ccccc4Cl)nn23)n[nH]1. The Balaban J connectivity index is 1.60. The zero-order chi connectivity index (χ0) is 15.8. The Labute approximate surface area is 139 Å². The molecular weight excluding hydrogens is 336 g/mol. The molecule has 1 N–H and O–H groups in total. The maximum Gasteiger partial charge on any atom is 0.235 e. The maximum atomic E-state index is 6.07. The van der Waals surface area contributed by atoms with Crippen molar-refractivity contribution in [2.24, 2.45) is 0 Å². The zero-order valence-corrected chi connectivity index (χ0v) is 13.6. The van der Waals surface area contributed by atoms with Crippen molar-refractivity contribution >= 4 is 27.9 Å². The van der Waals surface area contributed by atoms with E-state index in [2.05, 4.69) is 25.5 Å². The first-order valence-corrected chi connectivity index (χ1v) is 8.01. The Morgan fingerprint density at radius 3 is 2.96 bits per heavy atom. The summed E-state index contributed by atoms with van der Waals surface area (Å²) in [5.41, 5.74) is 1.66. The smallest absolute Gasteiger partial charge is 0.235 e. The molecule has 0 amide bonds. The number of halogens is 1. The quantitative estimate of drug-likeness (QED) is 0.614. The van der Waals surface area contributed by atoms with Crippen molar-refractivity contribution in [3.05, 3.63) is 46.1 Å². The van der Waals surface area contributed by atoms with E-state index in [4.69, 9.17) is 16.3 Å². The van der Waals surface area contributed by atoms with Gasteiger partial charge in [0.05, 0.1) is 5.02 Å². The fourth-order valence-electron chi connectivity index (χ4n) is 2.11. The second-order valence-electron chi connectivity index (χ2n) is 4.87. The first kappa shape index (κ1) is 14.2. The molecule has 0 saturated heterocycles. The molecule has 9 heteroatoms. The first-order chi connectivity index (χ1) is 11.2. The standard InChI is InChI=1S/C14H11ClN6OS/c1-8-6-10(17-16-8)13-18-19-14-21(13)20-12(23-14)7-22-11-5-3-2-4-9(11)15/h2-6H,7H2,1H3,(H,16,17). The predicted octanol–water partition coefficient (Wildman–Crippen LogP) is 3.12. The maximum absolute atomic E-state index is 6.07. The van der Waals surface area contributed by atoms with Crippen LogP contribution in [0.25, 0.3) is 16.5 Å². The molecule has 0 spiro atoms. The highest BCUT2D eigenvalue weighted by Gasteiger charge is 2.15. The van der Waals surface area contributed by atoms with Gasteiger partial charge in [0.1, 0.15) is 18.1 Å². The van der Waals surface area contributed by atoms with Crippen molar-refractivity contribution in [2.75, 3.05) is 0 Å². The Morgan fingerprint density at radius 1 is 1.30 bits per heavy atom. The summed E-state index contributed by atoms with van der Waals surface area (Å²) in [7, 11) is 0. The van der Waals surface area contributed by atoms with E-state index in [1.165, 1.54) is 11.3 Å². The Bertz CT molecular complexity index is 975. The number of nitrogens with zero attached hydrogens (tertiary/aromatic N) is 5. The number of aromatic amines is 1. The van der Waals surface area contributed by atoms with Gasteiger partial charge in [0.25, 0.3) is 0 Å². The summed E-state index contributed by atoms with van der Waals surface area (Å²) < 4.78 is 7.38. The molecule has 0 saturated carbocycles. The van der Waals surface area contributed by atoms with Crippen molar-refractivity contribution in [3.8, 4) is 17.3 Å². The minimum Gasteiger partial charge on any atom is -0.485 e. The fraction of sp³-hybridized carbons (Fsp3) is 0.143. The summed E-state index contributed by atoms with van der Waals surface area (Å²) in [6, 6.07) is 9.23. The van der Waals surface area contributed by atoms with E-state index in [1.807, 2.05) is 31.2 Å². The summed E-state index contributed by atoms with van der Waals surface area (Å²) >= 11 is 7.49. The van der Waals surface area contributed by atoms with Crippen LogP contribution in [-0.2, 0) is 6.61 Å². The van der Waals surface area contributed by atoms with E-state index in [1.54, 1.807) is 10.6 Å². The average molecular weight is 347 g/mol. The van der Waals surface area contributed by atoms with Crippen LogP contribution in [-0.4, -0.2) is 30.0 Å². The second-order valence-corrected chi connectivity index (χ2v) is 6.32. The van der Waals surface area contributed by atoms with Crippen LogP contribution >= 0.6 is 22.9 Å². The molecule has 4 rings (SSSR count). The van der Waals surface area contributed by atoms with Gasteiger partial charge in [0.15, 0.2) is 5.01 Å². The molecule has 0 aliphatic heterocycles. The molecule has 1 aromatic carbocycles. The fourth-order valence-corrected chi connectivity index (χ4v) is 3.05. The molecule has 0 aliphatic carbocycles. The summed E-state index contributed by atoms with van der Waals surface area (Å²) in [4.78, 5) is 0.693. The van der Waals surface area contributed by atoms with Crippen molar-refractivity contribution in [1.82, 2.24) is 30.0 Å². The largest absolute Gasteiger partial charge is 0.485 e. The minimum absolute atomic E-state index is 0.316. The van der Waals surface area contributed by atoms with Gasteiger partial charge in [0, 0.05) is 5.69 Å². The number of fused-ring (bicyclic) bond motifs is 1. The number of rotatable bonds is 4. The number of aromatic nitrogens is 6. The van der Waals surface area contributed by atoms with E-state index >= 15 is 0 Å². The number of nitrogens with one attached hydrogen (secondary N) is 1. The van der Waals surface area contributed by atoms with Crippen molar-refractivity contribution in [3.63, 3.8) is 0 Å². The lowest BCUT2D eigenvalue weighted by Gasteiger charge is -2.04.